The molecule has 0 bridgehead atoms. The Morgan fingerprint density at radius 2 is 1.89 bits per heavy atom. The number of rotatable bonds is 5. The first-order valence-corrected chi connectivity index (χ1v) is 7.36. The Kier molecular flexibility index (Phi) is 4.66. The first-order valence-electron chi connectivity index (χ1n) is 5.88. The molecule has 1 N–H and O–H groups in total. The van der Waals surface area contributed by atoms with Crippen LogP contribution >= 0.6 is 0 Å². The normalized spacial score (nSPS) is 11.6. The van der Waals surface area contributed by atoms with E-state index in [2.05, 4.69) is 4.72 Å². The lowest BCUT2D eigenvalue weighted by Crippen LogP contribution is -2.46. The smallest absolute Gasteiger partial charge is 0.207 e. The highest BCUT2D eigenvalue weighted by atomic mass is 32.2. The molecule has 100 valence electrons. The number of hydrogen-bond donors (Lipinski definition) is 1. The SMILES string of the molecule is CCC(C#N)(CC)NS(=O)(=O)c1cccc(C#N)c1. The molecule has 0 saturated heterocycles. The van der Waals surface area contributed by atoms with Gasteiger partial charge in [0.25, 0.3) is 0 Å². The van der Waals surface area contributed by atoms with E-state index in [0.29, 0.717) is 12.8 Å². The maximum atomic E-state index is 12.2. The quantitative estimate of drug-likeness (QED) is 0.889. The summed E-state index contributed by atoms with van der Waals surface area (Å²) in [7, 11) is -3.81. The molecular weight excluding hydrogens is 262 g/mol. The molecule has 0 radical (unpaired) electrons. The maximum Gasteiger partial charge on any atom is 0.241 e. The fraction of sp³-hybridized carbons (Fsp3) is 0.385. The predicted octanol–water partition coefficient (Wildman–Crippen LogP) is 1.92. The Labute approximate surface area is 113 Å². The Balaban J connectivity index is 3.19. The molecule has 6 heteroatoms. The first-order chi connectivity index (χ1) is 8.93. The van der Waals surface area contributed by atoms with Gasteiger partial charge in [-0.1, -0.05) is 19.9 Å². The Hall–Kier alpha value is -1.89. The van der Waals surface area contributed by atoms with E-state index in [1.165, 1.54) is 24.3 Å². The van der Waals surface area contributed by atoms with Gasteiger partial charge >= 0.3 is 0 Å². The van der Waals surface area contributed by atoms with Gasteiger partial charge in [-0.3, -0.25) is 0 Å². The molecule has 0 aliphatic carbocycles. The standard InChI is InChI=1S/C13H15N3O2S/c1-3-13(4-2,10-15)16-19(17,18)12-7-5-6-11(8-12)9-14/h5-8,16H,3-4H2,1-2H3. The zero-order chi connectivity index (χ0) is 14.5. The van der Waals surface area contributed by atoms with Gasteiger partial charge in [0, 0.05) is 0 Å². The van der Waals surface area contributed by atoms with E-state index in [-0.39, 0.29) is 10.5 Å². The summed E-state index contributed by atoms with van der Waals surface area (Å²) in [5.41, 5.74) is -0.847. The zero-order valence-corrected chi connectivity index (χ0v) is 11.7. The molecule has 0 atom stereocenters. The summed E-state index contributed by atoms with van der Waals surface area (Å²) in [6.45, 7) is 3.50. The Morgan fingerprint density at radius 3 is 2.37 bits per heavy atom. The highest BCUT2D eigenvalue weighted by molar-refractivity contribution is 7.89. The van der Waals surface area contributed by atoms with Crippen LogP contribution in [0.3, 0.4) is 0 Å². The number of nitrogens with zero attached hydrogens (tertiary/aromatic N) is 2. The van der Waals surface area contributed by atoms with E-state index in [9.17, 15) is 8.42 Å². The van der Waals surface area contributed by atoms with Gasteiger partial charge < -0.3 is 0 Å². The van der Waals surface area contributed by atoms with Crippen molar-refractivity contribution in [3.05, 3.63) is 29.8 Å². The van der Waals surface area contributed by atoms with Crippen molar-refractivity contribution in [1.29, 1.82) is 10.5 Å². The number of sulfonamides is 1. The minimum absolute atomic E-state index is 0.00641. The predicted molar refractivity (Wildman–Crippen MR) is 70.4 cm³/mol. The highest BCUT2D eigenvalue weighted by Gasteiger charge is 2.32. The van der Waals surface area contributed by atoms with Crippen LogP contribution in [-0.4, -0.2) is 14.0 Å². The van der Waals surface area contributed by atoms with Crippen molar-refractivity contribution in [1.82, 2.24) is 4.72 Å². The second-order valence-electron chi connectivity index (χ2n) is 4.15. The van der Waals surface area contributed by atoms with Crippen molar-refractivity contribution in [2.45, 2.75) is 37.1 Å². The number of hydrogen-bond acceptors (Lipinski definition) is 4. The van der Waals surface area contributed by atoms with Crippen molar-refractivity contribution in [3.63, 3.8) is 0 Å². The summed E-state index contributed by atoms with van der Waals surface area (Å²) in [6, 6.07) is 9.61. The van der Waals surface area contributed by atoms with Crippen LogP contribution in [-0.2, 0) is 10.0 Å². The maximum absolute atomic E-state index is 12.2. The molecule has 0 heterocycles. The summed E-state index contributed by atoms with van der Waals surface area (Å²) >= 11 is 0. The summed E-state index contributed by atoms with van der Waals surface area (Å²) in [6.07, 6.45) is 0.744. The summed E-state index contributed by atoms with van der Waals surface area (Å²) in [4.78, 5) is -0.00641. The van der Waals surface area contributed by atoms with Crippen molar-refractivity contribution in [2.75, 3.05) is 0 Å². The third-order valence-corrected chi connectivity index (χ3v) is 4.56. The lowest BCUT2D eigenvalue weighted by Gasteiger charge is -2.24. The number of nitriles is 2. The van der Waals surface area contributed by atoms with Crippen LogP contribution in [0, 0.1) is 22.7 Å². The van der Waals surface area contributed by atoms with Gasteiger partial charge in [0.1, 0.15) is 5.54 Å². The largest absolute Gasteiger partial charge is 0.241 e. The summed E-state index contributed by atoms with van der Waals surface area (Å²) < 4.78 is 26.9. The number of nitrogens with one attached hydrogen (secondary N) is 1. The average molecular weight is 277 g/mol. The Bertz CT molecular complexity index is 635. The van der Waals surface area contributed by atoms with E-state index >= 15 is 0 Å². The van der Waals surface area contributed by atoms with Crippen molar-refractivity contribution in [3.8, 4) is 12.1 Å². The average Bonchev–Trinajstić information content (AvgIpc) is 2.45. The van der Waals surface area contributed by atoms with Crippen LogP contribution in [0.5, 0.6) is 0 Å². The third-order valence-electron chi connectivity index (χ3n) is 3.02. The first kappa shape index (κ1) is 15.2. The van der Waals surface area contributed by atoms with E-state index in [4.69, 9.17) is 10.5 Å². The van der Waals surface area contributed by atoms with Gasteiger partial charge in [-0.15, -0.1) is 0 Å². The van der Waals surface area contributed by atoms with Crippen LogP contribution in [0.4, 0.5) is 0 Å². The minimum atomic E-state index is -3.81. The van der Waals surface area contributed by atoms with E-state index in [1.807, 2.05) is 12.1 Å². The van der Waals surface area contributed by atoms with Crippen molar-refractivity contribution in [2.24, 2.45) is 0 Å². The molecule has 1 rings (SSSR count). The molecule has 19 heavy (non-hydrogen) atoms. The summed E-state index contributed by atoms with van der Waals surface area (Å²) in [5, 5.41) is 17.9. The molecular formula is C13H15N3O2S. The monoisotopic (exact) mass is 277 g/mol. The third kappa shape index (κ3) is 3.31. The van der Waals surface area contributed by atoms with E-state index < -0.39 is 15.6 Å². The van der Waals surface area contributed by atoms with E-state index in [0.717, 1.165) is 0 Å². The van der Waals surface area contributed by atoms with Crippen molar-refractivity contribution < 1.29 is 8.42 Å². The Morgan fingerprint density at radius 1 is 1.26 bits per heavy atom. The van der Waals surface area contributed by atoms with Crippen LogP contribution in [0.25, 0.3) is 0 Å². The van der Waals surface area contributed by atoms with Gasteiger partial charge in [0.15, 0.2) is 0 Å². The molecule has 0 unspecified atom stereocenters. The van der Waals surface area contributed by atoms with E-state index in [1.54, 1.807) is 13.8 Å². The zero-order valence-electron chi connectivity index (χ0n) is 10.8. The van der Waals surface area contributed by atoms with Crippen molar-refractivity contribution >= 4 is 10.0 Å². The molecule has 0 amide bonds. The molecule has 0 aliphatic rings. The minimum Gasteiger partial charge on any atom is -0.207 e. The van der Waals surface area contributed by atoms with Gasteiger partial charge in [0.2, 0.25) is 10.0 Å². The molecule has 0 fully saturated rings. The van der Waals surface area contributed by atoms with Crippen LogP contribution < -0.4 is 4.72 Å². The highest BCUT2D eigenvalue weighted by Crippen LogP contribution is 2.19. The second-order valence-corrected chi connectivity index (χ2v) is 5.83. The lowest BCUT2D eigenvalue weighted by atomic mass is 9.97. The van der Waals surface area contributed by atoms with Gasteiger partial charge in [-0.25, -0.2) is 8.42 Å². The fourth-order valence-corrected chi connectivity index (χ4v) is 3.13. The second kappa shape index (κ2) is 5.83. The fourth-order valence-electron chi connectivity index (χ4n) is 1.62. The topological polar surface area (TPSA) is 93.8 Å². The molecule has 5 nitrogen and oxygen atoms in total. The van der Waals surface area contributed by atoms with Gasteiger partial charge in [-0.05, 0) is 31.0 Å². The molecule has 1 aromatic carbocycles. The van der Waals surface area contributed by atoms with Crippen LogP contribution in [0.15, 0.2) is 29.2 Å². The van der Waals surface area contributed by atoms with Crippen LogP contribution in [0.1, 0.15) is 32.3 Å². The molecule has 0 aliphatic heterocycles. The molecule has 1 aromatic rings. The molecule has 0 aromatic heterocycles. The molecule has 0 spiro atoms. The van der Waals surface area contributed by atoms with Crippen LogP contribution in [0.2, 0.25) is 0 Å². The lowest BCUT2D eigenvalue weighted by molar-refractivity contribution is 0.446. The van der Waals surface area contributed by atoms with Gasteiger partial charge in [-0.2, -0.15) is 15.2 Å². The molecule has 0 saturated carbocycles. The summed E-state index contributed by atoms with van der Waals surface area (Å²) in [5.74, 6) is 0. The van der Waals surface area contributed by atoms with Gasteiger partial charge in [0.05, 0.1) is 22.6 Å². The number of benzene rings is 1.